The molecule has 1 N–H and O–H groups in total. The highest BCUT2D eigenvalue weighted by Gasteiger charge is 2.37. The SMILES string of the molecule is C/C=C(C)\C=C/C1=C(C)CC2(CCNCC2)C1. The van der Waals surface area contributed by atoms with Gasteiger partial charge in [-0.2, -0.15) is 0 Å². The molecule has 0 unspecified atom stereocenters. The van der Waals surface area contributed by atoms with Gasteiger partial charge in [-0.25, -0.2) is 0 Å². The molecule has 0 saturated carbocycles. The number of piperidine rings is 1. The first kappa shape index (κ1) is 12.6. The molecule has 1 heteroatoms. The van der Waals surface area contributed by atoms with E-state index in [2.05, 4.69) is 44.3 Å². The Morgan fingerprint density at radius 1 is 1.24 bits per heavy atom. The summed E-state index contributed by atoms with van der Waals surface area (Å²) < 4.78 is 0. The second kappa shape index (κ2) is 5.22. The molecular weight excluding hydrogens is 206 g/mol. The number of hydrogen-bond acceptors (Lipinski definition) is 1. The lowest BCUT2D eigenvalue weighted by molar-refractivity contribution is 0.215. The van der Waals surface area contributed by atoms with Gasteiger partial charge in [-0.1, -0.05) is 29.4 Å². The minimum atomic E-state index is 0.596. The first-order chi connectivity index (χ1) is 8.15. The molecule has 0 aromatic rings. The zero-order valence-corrected chi connectivity index (χ0v) is 11.5. The molecular formula is C16H25N. The zero-order chi connectivity index (χ0) is 12.3. The van der Waals surface area contributed by atoms with Gasteiger partial charge < -0.3 is 5.32 Å². The van der Waals surface area contributed by atoms with E-state index in [0.717, 1.165) is 0 Å². The molecule has 1 aliphatic carbocycles. The third kappa shape index (κ3) is 2.90. The Morgan fingerprint density at radius 2 is 1.94 bits per heavy atom. The number of rotatable bonds is 2. The van der Waals surface area contributed by atoms with Crippen molar-refractivity contribution in [3.63, 3.8) is 0 Å². The highest BCUT2D eigenvalue weighted by Crippen LogP contribution is 2.48. The summed E-state index contributed by atoms with van der Waals surface area (Å²) in [6, 6.07) is 0. The van der Waals surface area contributed by atoms with Crippen molar-refractivity contribution in [1.29, 1.82) is 0 Å². The molecule has 0 aromatic carbocycles. The predicted octanol–water partition coefficient (Wildman–Crippen LogP) is 3.99. The molecule has 94 valence electrons. The van der Waals surface area contributed by atoms with Gasteiger partial charge in [0.15, 0.2) is 0 Å². The van der Waals surface area contributed by atoms with Gasteiger partial charge in [-0.05, 0) is 70.5 Å². The van der Waals surface area contributed by atoms with Crippen LogP contribution in [0.25, 0.3) is 0 Å². The van der Waals surface area contributed by atoms with Gasteiger partial charge in [0.25, 0.3) is 0 Å². The third-order valence-corrected chi connectivity index (χ3v) is 4.42. The summed E-state index contributed by atoms with van der Waals surface area (Å²) in [6.07, 6.45) is 12.1. The zero-order valence-electron chi connectivity index (χ0n) is 11.5. The molecule has 0 atom stereocenters. The number of hydrogen-bond donors (Lipinski definition) is 1. The fraction of sp³-hybridized carbons (Fsp3) is 0.625. The van der Waals surface area contributed by atoms with Crippen LogP contribution in [0.5, 0.6) is 0 Å². The van der Waals surface area contributed by atoms with Crippen LogP contribution in [-0.2, 0) is 0 Å². The first-order valence-electron chi connectivity index (χ1n) is 6.86. The fourth-order valence-electron chi connectivity index (χ4n) is 3.13. The molecule has 1 spiro atoms. The van der Waals surface area contributed by atoms with Gasteiger partial charge in [-0.3, -0.25) is 0 Å². The molecule has 17 heavy (non-hydrogen) atoms. The van der Waals surface area contributed by atoms with E-state index >= 15 is 0 Å². The molecule has 0 aromatic heterocycles. The number of allylic oxidation sites excluding steroid dienone is 6. The second-order valence-electron chi connectivity index (χ2n) is 5.78. The molecule has 1 nitrogen and oxygen atoms in total. The molecule has 2 rings (SSSR count). The van der Waals surface area contributed by atoms with Gasteiger partial charge in [-0.15, -0.1) is 0 Å². The topological polar surface area (TPSA) is 12.0 Å². The Hall–Kier alpha value is -0.820. The molecule has 1 aliphatic heterocycles. The molecule has 1 saturated heterocycles. The average molecular weight is 231 g/mol. The summed E-state index contributed by atoms with van der Waals surface area (Å²) >= 11 is 0. The molecule has 0 amide bonds. The maximum absolute atomic E-state index is 3.48. The van der Waals surface area contributed by atoms with Crippen molar-refractivity contribution in [2.24, 2.45) is 5.41 Å². The van der Waals surface area contributed by atoms with Gasteiger partial charge in [0.05, 0.1) is 0 Å². The van der Waals surface area contributed by atoms with E-state index in [1.54, 1.807) is 11.1 Å². The van der Waals surface area contributed by atoms with Crippen molar-refractivity contribution in [3.8, 4) is 0 Å². The van der Waals surface area contributed by atoms with Gasteiger partial charge >= 0.3 is 0 Å². The largest absolute Gasteiger partial charge is 0.317 e. The Balaban J connectivity index is 2.05. The molecule has 1 heterocycles. The van der Waals surface area contributed by atoms with Gasteiger partial charge in [0, 0.05) is 0 Å². The highest BCUT2D eigenvalue weighted by molar-refractivity contribution is 5.35. The van der Waals surface area contributed by atoms with Crippen LogP contribution < -0.4 is 5.32 Å². The van der Waals surface area contributed by atoms with Crippen molar-refractivity contribution < 1.29 is 0 Å². The summed E-state index contributed by atoms with van der Waals surface area (Å²) in [5.41, 5.74) is 5.16. The van der Waals surface area contributed by atoms with Crippen LogP contribution in [0.3, 0.4) is 0 Å². The van der Waals surface area contributed by atoms with E-state index in [0.29, 0.717) is 5.41 Å². The summed E-state index contributed by atoms with van der Waals surface area (Å²) in [4.78, 5) is 0. The van der Waals surface area contributed by atoms with Crippen LogP contribution in [0, 0.1) is 5.41 Å². The molecule has 1 fully saturated rings. The Labute approximate surface area is 106 Å². The van der Waals surface area contributed by atoms with Crippen LogP contribution in [0.4, 0.5) is 0 Å². The summed E-state index contributed by atoms with van der Waals surface area (Å²) in [5.74, 6) is 0. The lowest BCUT2D eigenvalue weighted by Gasteiger charge is -2.34. The van der Waals surface area contributed by atoms with Crippen molar-refractivity contribution in [3.05, 3.63) is 34.9 Å². The van der Waals surface area contributed by atoms with Crippen molar-refractivity contribution in [2.45, 2.75) is 46.5 Å². The Bertz CT molecular complexity index is 365. The monoisotopic (exact) mass is 231 g/mol. The van der Waals surface area contributed by atoms with Crippen LogP contribution in [0.2, 0.25) is 0 Å². The molecule has 0 radical (unpaired) electrons. The van der Waals surface area contributed by atoms with E-state index < -0.39 is 0 Å². The van der Waals surface area contributed by atoms with Crippen LogP contribution in [0.1, 0.15) is 46.5 Å². The molecule has 2 aliphatic rings. The first-order valence-corrected chi connectivity index (χ1v) is 6.86. The van der Waals surface area contributed by atoms with Crippen molar-refractivity contribution in [1.82, 2.24) is 5.32 Å². The average Bonchev–Trinajstić information content (AvgIpc) is 2.63. The summed E-state index contributed by atoms with van der Waals surface area (Å²) in [6.45, 7) is 9.00. The van der Waals surface area contributed by atoms with Gasteiger partial charge in [0.1, 0.15) is 0 Å². The molecule has 0 bridgehead atoms. The summed E-state index contributed by atoms with van der Waals surface area (Å²) in [5, 5.41) is 3.48. The van der Waals surface area contributed by atoms with Gasteiger partial charge in [0.2, 0.25) is 0 Å². The maximum atomic E-state index is 3.48. The highest BCUT2D eigenvalue weighted by atomic mass is 14.9. The van der Waals surface area contributed by atoms with Crippen LogP contribution >= 0.6 is 0 Å². The van der Waals surface area contributed by atoms with Crippen LogP contribution in [-0.4, -0.2) is 13.1 Å². The predicted molar refractivity (Wildman–Crippen MR) is 75.0 cm³/mol. The fourth-order valence-corrected chi connectivity index (χ4v) is 3.13. The van der Waals surface area contributed by atoms with Crippen molar-refractivity contribution in [2.75, 3.05) is 13.1 Å². The van der Waals surface area contributed by atoms with E-state index in [1.165, 1.54) is 44.3 Å². The van der Waals surface area contributed by atoms with E-state index in [1.807, 2.05) is 0 Å². The van der Waals surface area contributed by atoms with E-state index in [9.17, 15) is 0 Å². The third-order valence-electron chi connectivity index (χ3n) is 4.42. The van der Waals surface area contributed by atoms with Crippen molar-refractivity contribution >= 4 is 0 Å². The normalized spacial score (nSPS) is 25.2. The quantitative estimate of drug-likeness (QED) is 0.709. The lowest BCUT2D eigenvalue weighted by atomic mass is 9.76. The maximum Gasteiger partial charge on any atom is -0.00434 e. The minimum absolute atomic E-state index is 0.596. The standard InChI is InChI=1S/C16H25N/c1-4-13(2)5-6-15-12-16(11-14(15)3)7-9-17-10-8-16/h4-6,17H,7-12H2,1-3H3/b6-5-,13-4-. The Kier molecular flexibility index (Phi) is 3.88. The minimum Gasteiger partial charge on any atom is -0.317 e. The lowest BCUT2D eigenvalue weighted by Crippen LogP contribution is -2.35. The second-order valence-corrected chi connectivity index (χ2v) is 5.78. The number of nitrogens with one attached hydrogen (secondary N) is 1. The Morgan fingerprint density at radius 3 is 2.59 bits per heavy atom. The summed E-state index contributed by atoms with van der Waals surface area (Å²) in [7, 11) is 0. The van der Waals surface area contributed by atoms with Crippen LogP contribution in [0.15, 0.2) is 34.9 Å². The van der Waals surface area contributed by atoms with E-state index in [4.69, 9.17) is 0 Å². The smallest absolute Gasteiger partial charge is 0.00434 e. The van der Waals surface area contributed by atoms with E-state index in [-0.39, 0.29) is 0 Å².